The number of carbonyl (C=O) groups excluding carboxylic acids is 3. The van der Waals surface area contributed by atoms with Crippen LogP contribution in [0.1, 0.15) is 23.7 Å². The Morgan fingerprint density at radius 2 is 1.62 bits per heavy atom. The minimum absolute atomic E-state index is 0.147. The minimum atomic E-state index is -1.13. The van der Waals surface area contributed by atoms with Crippen molar-refractivity contribution >= 4 is 29.4 Å². The Morgan fingerprint density at radius 3 is 2.12 bits per heavy atom. The molecule has 7 nitrogen and oxygen atoms in total. The Morgan fingerprint density at radius 1 is 1.08 bits per heavy atom. The van der Waals surface area contributed by atoms with E-state index in [0.717, 1.165) is 6.42 Å². The smallest absolute Gasteiger partial charge is 0.325 e. The summed E-state index contributed by atoms with van der Waals surface area (Å²) in [5.74, 6) is -2.23. The topological polar surface area (TPSA) is 104 Å². The zero-order valence-corrected chi connectivity index (χ0v) is 14.1. The van der Waals surface area contributed by atoms with Crippen molar-refractivity contribution in [2.75, 3.05) is 4.90 Å². The fourth-order valence-electron chi connectivity index (χ4n) is 4.26. The number of nitrogens with one attached hydrogen (secondary N) is 1. The van der Waals surface area contributed by atoms with Gasteiger partial charge in [-0.15, -0.1) is 0 Å². The van der Waals surface area contributed by atoms with Crippen LogP contribution in [0.3, 0.4) is 0 Å². The van der Waals surface area contributed by atoms with Crippen LogP contribution >= 0.6 is 0 Å². The van der Waals surface area contributed by atoms with E-state index in [2.05, 4.69) is 5.32 Å². The van der Waals surface area contributed by atoms with E-state index in [0.29, 0.717) is 5.69 Å². The molecule has 3 aliphatic rings. The monoisotopic (exact) mass is 354 g/mol. The number of allylic oxidation sites excluding steroid dienone is 2. The Balaban J connectivity index is 1.53. The number of benzene rings is 1. The quantitative estimate of drug-likeness (QED) is 0.625. The molecule has 134 valence electrons. The fourth-order valence-corrected chi connectivity index (χ4v) is 4.26. The van der Waals surface area contributed by atoms with Crippen LogP contribution in [0.4, 0.5) is 5.69 Å². The minimum Gasteiger partial charge on any atom is -0.480 e. The van der Waals surface area contributed by atoms with Gasteiger partial charge in [-0.05, 0) is 49.4 Å². The molecule has 1 saturated carbocycles. The number of carbonyl (C=O) groups is 4. The van der Waals surface area contributed by atoms with Gasteiger partial charge < -0.3 is 10.4 Å². The van der Waals surface area contributed by atoms with Gasteiger partial charge in [0.25, 0.3) is 5.91 Å². The summed E-state index contributed by atoms with van der Waals surface area (Å²) in [7, 11) is 0. The first-order valence-corrected chi connectivity index (χ1v) is 8.58. The van der Waals surface area contributed by atoms with Gasteiger partial charge >= 0.3 is 5.97 Å². The molecule has 5 atom stereocenters. The molecule has 26 heavy (non-hydrogen) atoms. The molecule has 1 aromatic carbocycles. The van der Waals surface area contributed by atoms with Crippen LogP contribution in [0.15, 0.2) is 36.4 Å². The molecule has 4 rings (SSSR count). The van der Waals surface area contributed by atoms with Crippen LogP contribution in [0.25, 0.3) is 0 Å². The summed E-state index contributed by atoms with van der Waals surface area (Å²) >= 11 is 0. The van der Waals surface area contributed by atoms with Crippen LogP contribution in [0.5, 0.6) is 0 Å². The first-order valence-electron chi connectivity index (χ1n) is 8.58. The van der Waals surface area contributed by atoms with Crippen molar-refractivity contribution in [1.29, 1.82) is 0 Å². The van der Waals surface area contributed by atoms with Crippen LogP contribution < -0.4 is 10.2 Å². The predicted octanol–water partition coefficient (Wildman–Crippen LogP) is 1.20. The second kappa shape index (κ2) is 5.79. The van der Waals surface area contributed by atoms with Crippen LogP contribution in [0, 0.1) is 23.7 Å². The van der Waals surface area contributed by atoms with Gasteiger partial charge in [0.15, 0.2) is 0 Å². The second-order valence-corrected chi connectivity index (χ2v) is 7.09. The van der Waals surface area contributed by atoms with Crippen molar-refractivity contribution in [3.05, 3.63) is 42.0 Å². The number of amides is 3. The lowest BCUT2D eigenvalue weighted by atomic mass is 9.85. The molecule has 2 bridgehead atoms. The number of carboxylic acid groups (broad SMARTS) is 1. The third kappa shape index (κ3) is 2.34. The molecule has 0 radical (unpaired) electrons. The largest absolute Gasteiger partial charge is 0.480 e. The molecule has 1 aliphatic heterocycles. The van der Waals surface area contributed by atoms with Gasteiger partial charge in [-0.25, -0.2) is 0 Å². The number of fused-ring (bicyclic) bond motifs is 5. The van der Waals surface area contributed by atoms with Crippen molar-refractivity contribution in [3.8, 4) is 0 Å². The van der Waals surface area contributed by atoms with Gasteiger partial charge in [0.05, 0.1) is 17.5 Å². The van der Waals surface area contributed by atoms with Gasteiger partial charge in [0.1, 0.15) is 6.04 Å². The van der Waals surface area contributed by atoms with Gasteiger partial charge in [-0.3, -0.25) is 24.1 Å². The number of carboxylic acids is 1. The highest BCUT2D eigenvalue weighted by Gasteiger charge is 2.59. The van der Waals surface area contributed by atoms with E-state index in [1.165, 1.54) is 24.0 Å². The van der Waals surface area contributed by atoms with E-state index < -0.39 is 17.9 Å². The standard InChI is InChI=1S/C19H18N2O5/c1-9(19(25)26)20-16(22)10-4-6-13(7-5-10)21-17(23)14-11-2-3-12(8-11)15(14)18(21)24/h2-7,9,11-12,14-15H,8H2,1H3,(H,20,22)(H,25,26). The van der Waals surface area contributed by atoms with E-state index in [9.17, 15) is 19.2 Å². The second-order valence-electron chi connectivity index (χ2n) is 7.09. The van der Waals surface area contributed by atoms with E-state index in [-0.39, 0.29) is 41.0 Å². The summed E-state index contributed by atoms with van der Waals surface area (Å²) in [6.45, 7) is 1.37. The maximum Gasteiger partial charge on any atom is 0.325 e. The van der Waals surface area contributed by atoms with E-state index in [1.54, 1.807) is 12.1 Å². The molecule has 1 heterocycles. The van der Waals surface area contributed by atoms with Crippen LogP contribution in [-0.4, -0.2) is 34.8 Å². The normalized spacial score (nSPS) is 29.8. The molecule has 0 aromatic heterocycles. The summed E-state index contributed by atoms with van der Waals surface area (Å²) in [6, 6.07) is 5.06. The van der Waals surface area contributed by atoms with E-state index in [4.69, 9.17) is 5.11 Å². The number of anilines is 1. The Bertz CT molecular complexity index is 814. The average molecular weight is 354 g/mol. The number of rotatable bonds is 4. The molecular formula is C19H18N2O5. The van der Waals surface area contributed by atoms with Gasteiger partial charge in [-0.1, -0.05) is 12.2 Å². The van der Waals surface area contributed by atoms with Crippen LogP contribution in [0.2, 0.25) is 0 Å². The molecule has 1 aromatic rings. The van der Waals surface area contributed by atoms with Gasteiger partial charge in [-0.2, -0.15) is 0 Å². The van der Waals surface area contributed by atoms with Gasteiger partial charge in [0, 0.05) is 5.56 Å². The predicted molar refractivity (Wildman–Crippen MR) is 91.2 cm³/mol. The zero-order chi connectivity index (χ0) is 18.6. The maximum atomic E-state index is 12.8. The summed E-state index contributed by atoms with van der Waals surface area (Å²) in [6.07, 6.45) is 4.96. The summed E-state index contributed by atoms with van der Waals surface area (Å²) < 4.78 is 0. The zero-order valence-electron chi connectivity index (χ0n) is 14.1. The first kappa shape index (κ1) is 16.5. The molecule has 1 saturated heterocycles. The molecule has 2 fully saturated rings. The number of imide groups is 1. The molecule has 2 N–H and O–H groups in total. The summed E-state index contributed by atoms with van der Waals surface area (Å²) in [4.78, 5) is 49.6. The van der Waals surface area contributed by atoms with Crippen LogP contribution in [-0.2, 0) is 14.4 Å². The van der Waals surface area contributed by atoms with Crippen molar-refractivity contribution in [2.24, 2.45) is 23.7 Å². The number of aliphatic carboxylic acids is 1. The third-order valence-electron chi connectivity index (χ3n) is 5.58. The SMILES string of the molecule is CC(NC(=O)c1ccc(N2C(=O)C3C4C=CC(C4)C3C2=O)cc1)C(=O)O. The lowest BCUT2D eigenvalue weighted by Crippen LogP contribution is -2.38. The number of hydrogen-bond acceptors (Lipinski definition) is 4. The number of hydrogen-bond donors (Lipinski definition) is 2. The highest BCUT2D eigenvalue weighted by molar-refractivity contribution is 6.22. The lowest BCUT2D eigenvalue weighted by Gasteiger charge is -2.17. The molecule has 3 amide bonds. The Kier molecular flexibility index (Phi) is 3.68. The lowest BCUT2D eigenvalue weighted by molar-refractivity contribution is -0.138. The highest BCUT2D eigenvalue weighted by Crippen LogP contribution is 2.53. The molecular weight excluding hydrogens is 336 g/mol. The van der Waals surface area contributed by atoms with Gasteiger partial charge in [0.2, 0.25) is 11.8 Å². The van der Waals surface area contributed by atoms with Crippen molar-refractivity contribution in [3.63, 3.8) is 0 Å². The Labute approximate surface area is 149 Å². The number of nitrogens with zero attached hydrogens (tertiary/aromatic N) is 1. The summed E-state index contributed by atoms with van der Waals surface area (Å²) in [5, 5.41) is 11.2. The third-order valence-corrected chi connectivity index (χ3v) is 5.58. The van der Waals surface area contributed by atoms with E-state index in [1.807, 2.05) is 12.2 Å². The highest BCUT2D eigenvalue weighted by atomic mass is 16.4. The van der Waals surface area contributed by atoms with E-state index >= 15 is 0 Å². The average Bonchev–Trinajstić information content (AvgIpc) is 3.29. The fraction of sp³-hybridized carbons (Fsp3) is 0.368. The van der Waals surface area contributed by atoms with Crippen molar-refractivity contribution in [2.45, 2.75) is 19.4 Å². The maximum absolute atomic E-state index is 12.8. The first-order chi connectivity index (χ1) is 12.4. The molecule has 5 unspecified atom stereocenters. The van der Waals surface area contributed by atoms with Crippen molar-refractivity contribution in [1.82, 2.24) is 5.32 Å². The van der Waals surface area contributed by atoms with Crippen molar-refractivity contribution < 1.29 is 24.3 Å². The molecule has 0 spiro atoms. The summed E-state index contributed by atoms with van der Waals surface area (Å²) in [5.41, 5.74) is 0.708. The molecule has 2 aliphatic carbocycles. The Hall–Kier alpha value is -2.96. The molecule has 7 heteroatoms.